The molecule has 2 unspecified atom stereocenters. The number of benzene rings is 2. The first-order valence-electron chi connectivity index (χ1n) is 9.94. The van der Waals surface area contributed by atoms with Gasteiger partial charge in [-0.05, 0) is 49.4 Å². The van der Waals surface area contributed by atoms with Crippen molar-refractivity contribution in [2.24, 2.45) is 5.92 Å². The first-order valence-corrected chi connectivity index (χ1v) is 10.7. The van der Waals surface area contributed by atoms with Crippen molar-refractivity contribution in [3.8, 4) is 0 Å². The highest BCUT2D eigenvalue weighted by Gasteiger charge is 2.28. The Morgan fingerprint density at radius 3 is 2.68 bits per heavy atom. The van der Waals surface area contributed by atoms with E-state index in [2.05, 4.69) is 41.2 Å². The third-order valence-corrected chi connectivity index (χ3v) is 6.15. The van der Waals surface area contributed by atoms with Crippen LogP contribution in [0.15, 0.2) is 53.0 Å². The van der Waals surface area contributed by atoms with Crippen LogP contribution in [0.5, 0.6) is 0 Å². The minimum Gasteiger partial charge on any atom is -0.336 e. The van der Waals surface area contributed by atoms with Crippen molar-refractivity contribution in [3.63, 3.8) is 0 Å². The SMILES string of the molecule is CCCN(C(=O)CCC1Cc2ccccc2NC1=O)C(C)c1ccccc1Br. The molecule has 0 bridgehead atoms. The highest BCUT2D eigenvalue weighted by atomic mass is 79.9. The summed E-state index contributed by atoms with van der Waals surface area (Å²) in [4.78, 5) is 27.4. The summed E-state index contributed by atoms with van der Waals surface area (Å²) in [5.74, 6) is -0.0229. The number of para-hydroxylation sites is 1. The van der Waals surface area contributed by atoms with E-state index < -0.39 is 0 Å². The van der Waals surface area contributed by atoms with E-state index in [-0.39, 0.29) is 23.8 Å². The molecule has 2 amide bonds. The van der Waals surface area contributed by atoms with Crippen LogP contribution in [0.1, 0.15) is 50.3 Å². The second-order valence-corrected chi connectivity index (χ2v) is 8.23. The van der Waals surface area contributed by atoms with Crippen LogP contribution in [0, 0.1) is 5.92 Å². The Morgan fingerprint density at radius 1 is 1.21 bits per heavy atom. The molecule has 148 valence electrons. The molecule has 4 nitrogen and oxygen atoms in total. The summed E-state index contributed by atoms with van der Waals surface area (Å²) in [6, 6.07) is 15.9. The van der Waals surface area contributed by atoms with E-state index in [0.717, 1.165) is 27.7 Å². The van der Waals surface area contributed by atoms with Gasteiger partial charge in [0.1, 0.15) is 0 Å². The van der Waals surface area contributed by atoms with Crippen molar-refractivity contribution in [2.75, 3.05) is 11.9 Å². The van der Waals surface area contributed by atoms with Crippen molar-refractivity contribution in [2.45, 2.75) is 45.6 Å². The quantitative estimate of drug-likeness (QED) is 0.628. The van der Waals surface area contributed by atoms with Crippen molar-refractivity contribution in [3.05, 3.63) is 64.1 Å². The molecule has 2 aromatic carbocycles. The van der Waals surface area contributed by atoms with Crippen LogP contribution in [0.2, 0.25) is 0 Å². The van der Waals surface area contributed by atoms with E-state index in [0.29, 0.717) is 25.8 Å². The summed E-state index contributed by atoms with van der Waals surface area (Å²) in [5, 5.41) is 2.97. The third-order valence-electron chi connectivity index (χ3n) is 5.43. The van der Waals surface area contributed by atoms with Gasteiger partial charge >= 0.3 is 0 Å². The maximum atomic E-state index is 13.0. The monoisotopic (exact) mass is 442 g/mol. The first-order chi connectivity index (χ1) is 13.5. The molecule has 2 aromatic rings. The van der Waals surface area contributed by atoms with Crippen LogP contribution < -0.4 is 5.32 Å². The number of nitrogens with one attached hydrogen (secondary N) is 1. The second-order valence-electron chi connectivity index (χ2n) is 7.37. The number of rotatable bonds is 7. The lowest BCUT2D eigenvalue weighted by Crippen LogP contribution is -2.36. The van der Waals surface area contributed by atoms with Gasteiger partial charge in [0.2, 0.25) is 11.8 Å². The fourth-order valence-electron chi connectivity index (χ4n) is 3.84. The van der Waals surface area contributed by atoms with Crippen LogP contribution in [-0.2, 0) is 16.0 Å². The van der Waals surface area contributed by atoms with E-state index in [1.54, 1.807) is 0 Å². The molecule has 2 atom stereocenters. The van der Waals surface area contributed by atoms with Gasteiger partial charge in [-0.15, -0.1) is 0 Å². The van der Waals surface area contributed by atoms with Crippen molar-refractivity contribution < 1.29 is 9.59 Å². The molecule has 0 spiro atoms. The highest BCUT2D eigenvalue weighted by molar-refractivity contribution is 9.10. The third kappa shape index (κ3) is 4.64. The van der Waals surface area contributed by atoms with Crippen LogP contribution in [0.3, 0.4) is 0 Å². The van der Waals surface area contributed by atoms with E-state index in [1.807, 2.05) is 47.4 Å². The number of nitrogens with zero attached hydrogens (tertiary/aromatic N) is 1. The zero-order valence-corrected chi connectivity index (χ0v) is 18.0. The topological polar surface area (TPSA) is 49.4 Å². The number of anilines is 1. The Bertz CT molecular complexity index is 852. The Balaban J connectivity index is 1.66. The highest BCUT2D eigenvalue weighted by Crippen LogP contribution is 2.30. The average Bonchev–Trinajstić information content (AvgIpc) is 2.70. The molecule has 0 fully saturated rings. The normalized spacial score (nSPS) is 16.8. The zero-order chi connectivity index (χ0) is 20.1. The summed E-state index contributed by atoms with van der Waals surface area (Å²) in [7, 11) is 0. The smallest absolute Gasteiger partial charge is 0.227 e. The molecule has 5 heteroatoms. The van der Waals surface area contributed by atoms with E-state index in [1.165, 1.54) is 0 Å². The van der Waals surface area contributed by atoms with Crippen LogP contribution in [0.4, 0.5) is 5.69 Å². The lowest BCUT2D eigenvalue weighted by molar-refractivity contribution is -0.134. The molecule has 1 heterocycles. The van der Waals surface area contributed by atoms with Gasteiger partial charge in [-0.3, -0.25) is 9.59 Å². The van der Waals surface area contributed by atoms with Gasteiger partial charge in [-0.1, -0.05) is 59.3 Å². The predicted octanol–water partition coefficient (Wildman–Crippen LogP) is 5.34. The fraction of sp³-hybridized carbons (Fsp3) is 0.391. The maximum Gasteiger partial charge on any atom is 0.227 e. The summed E-state index contributed by atoms with van der Waals surface area (Å²) in [5.41, 5.74) is 3.14. The minimum atomic E-state index is -0.152. The summed E-state index contributed by atoms with van der Waals surface area (Å²) >= 11 is 3.60. The molecule has 0 saturated heterocycles. The van der Waals surface area contributed by atoms with E-state index >= 15 is 0 Å². The molecule has 28 heavy (non-hydrogen) atoms. The molecule has 1 aliphatic rings. The molecular weight excluding hydrogens is 416 g/mol. The lowest BCUT2D eigenvalue weighted by atomic mass is 9.89. The Kier molecular flexibility index (Phi) is 6.89. The van der Waals surface area contributed by atoms with Crippen LogP contribution in [0.25, 0.3) is 0 Å². The summed E-state index contributed by atoms with van der Waals surface area (Å²) < 4.78 is 1.01. The number of carbonyl (C=O) groups is 2. The molecule has 0 saturated carbocycles. The van der Waals surface area contributed by atoms with Crippen LogP contribution >= 0.6 is 15.9 Å². The van der Waals surface area contributed by atoms with E-state index in [9.17, 15) is 9.59 Å². The standard InChI is InChI=1S/C23H27BrN2O2/c1-3-14-26(16(2)19-9-5-6-10-20(19)24)22(27)13-12-18-15-17-8-4-7-11-21(17)25-23(18)28/h4-11,16,18H,3,12-15H2,1-2H3,(H,25,28). The van der Waals surface area contributed by atoms with Gasteiger partial charge in [0.05, 0.1) is 6.04 Å². The Morgan fingerprint density at radius 2 is 1.93 bits per heavy atom. The molecule has 3 rings (SSSR count). The van der Waals surface area contributed by atoms with Gasteiger partial charge in [0.15, 0.2) is 0 Å². The van der Waals surface area contributed by atoms with Gasteiger partial charge in [0, 0.05) is 29.0 Å². The van der Waals surface area contributed by atoms with Crippen molar-refractivity contribution in [1.29, 1.82) is 0 Å². The first kappa shape index (κ1) is 20.6. The minimum absolute atomic E-state index is 0.0102. The number of hydrogen-bond acceptors (Lipinski definition) is 2. The van der Waals surface area contributed by atoms with Gasteiger partial charge in [-0.25, -0.2) is 0 Å². The number of hydrogen-bond donors (Lipinski definition) is 1. The largest absolute Gasteiger partial charge is 0.336 e. The van der Waals surface area contributed by atoms with E-state index in [4.69, 9.17) is 0 Å². The van der Waals surface area contributed by atoms with Gasteiger partial charge in [-0.2, -0.15) is 0 Å². The number of halogens is 1. The van der Waals surface area contributed by atoms with Gasteiger partial charge in [0.25, 0.3) is 0 Å². The molecule has 0 aliphatic carbocycles. The summed E-state index contributed by atoms with van der Waals surface area (Å²) in [6.07, 6.45) is 2.55. The van der Waals surface area contributed by atoms with Crippen LogP contribution in [-0.4, -0.2) is 23.3 Å². The average molecular weight is 443 g/mol. The van der Waals surface area contributed by atoms with Gasteiger partial charge < -0.3 is 10.2 Å². The second kappa shape index (κ2) is 9.37. The predicted molar refractivity (Wildman–Crippen MR) is 116 cm³/mol. The zero-order valence-electron chi connectivity index (χ0n) is 16.5. The molecule has 1 aliphatic heterocycles. The maximum absolute atomic E-state index is 13.0. The molecule has 0 radical (unpaired) electrons. The fourth-order valence-corrected chi connectivity index (χ4v) is 4.46. The molecule has 0 aromatic heterocycles. The summed E-state index contributed by atoms with van der Waals surface area (Å²) in [6.45, 7) is 4.86. The molecule has 1 N–H and O–H groups in total. The molecular formula is C23H27BrN2O2. The Labute approximate surface area is 175 Å². The van der Waals surface area contributed by atoms with Crippen molar-refractivity contribution >= 4 is 33.4 Å². The Hall–Kier alpha value is -2.14. The number of fused-ring (bicyclic) bond motifs is 1. The number of amides is 2. The number of carbonyl (C=O) groups excluding carboxylic acids is 2. The van der Waals surface area contributed by atoms with Crippen molar-refractivity contribution in [1.82, 2.24) is 4.90 Å². The lowest BCUT2D eigenvalue weighted by Gasteiger charge is -2.31.